The maximum atomic E-state index is 9.17. The van der Waals surface area contributed by atoms with E-state index in [-0.39, 0.29) is 5.75 Å². The van der Waals surface area contributed by atoms with Crippen LogP contribution in [0.25, 0.3) is 5.70 Å². The van der Waals surface area contributed by atoms with Crippen LogP contribution in [0.3, 0.4) is 0 Å². The number of benzene rings is 1. The quantitative estimate of drug-likeness (QED) is 0.669. The molecule has 1 aromatic rings. The molecule has 3 heteroatoms. The molecule has 0 bridgehead atoms. The number of allylic oxidation sites excluding steroid dienone is 1. The van der Waals surface area contributed by atoms with Crippen LogP contribution in [0, 0.1) is 0 Å². The number of phenols is 1. The molecule has 0 aromatic heterocycles. The number of phenolic OH excluding ortho intramolecular Hbond substituents is 1. The summed E-state index contributed by atoms with van der Waals surface area (Å²) in [5, 5.41) is 9.17. The highest BCUT2D eigenvalue weighted by Gasteiger charge is 1.95. The van der Waals surface area contributed by atoms with Gasteiger partial charge in [0.1, 0.15) is 5.75 Å². The topological polar surface area (TPSA) is 58.6 Å². The van der Waals surface area contributed by atoms with Gasteiger partial charge in [-0.1, -0.05) is 12.1 Å². The van der Waals surface area contributed by atoms with Crippen LogP contribution in [0.15, 0.2) is 35.3 Å². The Balaban J connectivity index is 2.94. The predicted molar refractivity (Wildman–Crippen MR) is 54.7 cm³/mol. The molecule has 0 atom stereocenters. The maximum absolute atomic E-state index is 9.17. The first-order chi connectivity index (χ1) is 6.24. The normalized spacial score (nSPS) is 12.2. The average Bonchev–Trinajstić information content (AvgIpc) is 2.14. The van der Waals surface area contributed by atoms with Gasteiger partial charge in [0, 0.05) is 24.5 Å². The predicted octanol–water partition coefficient (Wildman–Crippen LogP) is 1.39. The number of aliphatic imine (C=N–C) groups is 1. The van der Waals surface area contributed by atoms with Crippen LogP contribution in [-0.2, 0) is 0 Å². The van der Waals surface area contributed by atoms with E-state index < -0.39 is 0 Å². The molecule has 0 unspecified atom stereocenters. The summed E-state index contributed by atoms with van der Waals surface area (Å²) in [7, 11) is 1.67. The molecule has 68 valence electrons. The van der Waals surface area contributed by atoms with Gasteiger partial charge in [-0.15, -0.1) is 0 Å². The van der Waals surface area contributed by atoms with Crippen molar-refractivity contribution >= 4 is 11.9 Å². The van der Waals surface area contributed by atoms with E-state index in [9.17, 15) is 5.11 Å². The standard InChI is InChI=1S/C10H12N2O/c1-12-6-5-10(11)8-3-2-4-9(13)7-8/h2-7,13H,11H2,1H3/b10-5-,12-6?. The molecule has 3 N–H and O–H groups in total. The molecule has 0 aliphatic heterocycles. The Kier molecular flexibility index (Phi) is 3.09. The summed E-state index contributed by atoms with van der Waals surface area (Å²) in [5.41, 5.74) is 7.08. The molecule has 13 heavy (non-hydrogen) atoms. The first-order valence-corrected chi connectivity index (χ1v) is 3.91. The summed E-state index contributed by atoms with van der Waals surface area (Å²) < 4.78 is 0. The van der Waals surface area contributed by atoms with Gasteiger partial charge < -0.3 is 10.8 Å². The number of nitrogens with two attached hydrogens (primary N) is 1. The van der Waals surface area contributed by atoms with Gasteiger partial charge in [0.25, 0.3) is 0 Å². The summed E-state index contributed by atoms with van der Waals surface area (Å²) in [6.07, 6.45) is 3.30. The van der Waals surface area contributed by atoms with Gasteiger partial charge in [0.2, 0.25) is 0 Å². The molecule has 0 aliphatic rings. The lowest BCUT2D eigenvalue weighted by Crippen LogP contribution is -1.95. The Labute approximate surface area is 77.2 Å². The van der Waals surface area contributed by atoms with Crippen LogP contribution in [-0.4, -0.2) is 18.4 Å². The van der Waals surface area contributed by atoms with Crippen molar-refractivity contribution in [2.75, 3.05) is 7.05 Å². The van der Waals surface area contributed by atoms with E-state index in [2.05, 4.69) is 4.99 Å². The third-order valence-electron chi connectivity index (χ3n) is 1.58. The zero-order valence-electron chi connectivity index (χ0n) is 7.44. The molecular weight excluding hydrogens is 164 g/mol. The Morgan fingerprint density at radius 3 is 2.92 bits per heavy atom. The van der Waals surface area contributed by atoms with Crippen LogP contribution < -0.4 is 5.73 Å². The van der Waals surface area contributed by atoms with E-state index >= 15 is 0 Å². The van der Waals surface area contributed by atoms with Crippen LogP contribution in [0.1, 0.15) is 5.56 Å². The Hall–Kier alpha value is -1.77. The summed E-state index contributed by atoms with van der Waals surface area (Å²) in [4.78, 5) is 3.78. The molecule has 3 nitrogen and oxygen atoms in total. The van der Waals surface area contributed by atoms with Crippen LogP contribution in [0.2, 0.25) is 0 Å². The lowest BCUT2D eigenvalue weighted by Gasteiger charge is -2.00. The zero-order valence-corrected chi connectivity index (χ0v) is 7.44. The molecule has 1 aromatic carbocycles. The number of hydrogen-bond acceptors (Lipinski definition) is 3. The van der Waals surface area contributed by atoms with Crippen molar-refractivity contribution < 1.29 is 5.11 Å². The minimum absolute atomic E-state index is 0.210. The maximum Gasteiger partial charge on any atom is 0.116 e. The molecule has 0 fully saturated rings. The number of aromatic hydroxyl groups is 1. The second kappa shape index (κ2) is 4.30. The molecule has 0 saturated heterocycles. The first-order valence-electron chi connectivity index (χ1n) is 3.91. The Morgan fingerprint density at radius 1 is 1.54 bits per heavy atom. The van der Waals surface area contributed by atoms with Gasteiger partial charge >= 0.3 is 0 Å². The number of nitrogens with zero attached hydrogens (tertiary/aromatic N) is 1. The minimum Gasteiger partial charge on any atom is -0.508 e. The highest BCUT2D eigenvalue weighted by molar-refractivity contribution is 5.83. The molecule has 1 rings (SSSR count). The third-order valence-corrected chi connectivity index (χ3v) is 1.58. The number of rotatable bonds is 2. The lowest BCUT2D eigenvalue weighted by molar-refractivity contribution is 0.475. The molecule has 0 aliphatic carbocycles. The van der Waals surface area contributed by atoms with Crippen molar-refractivity contribution in [3.63, 3.8) is 0 Å². The fraction of sp³-hybridized carbons (Fsp3) is 0.100. The first kappa shape index (κ1) is 9.32. The Morgan fingerprint density at radius 2 is 2.31 bits per heavy atom. The third kappa shape index (κ3) is 2.63. The fourth-order valence-corrected chi connectivity index (χ4v) is 0.937. The molecular formula is C10H12N2O. The minimum atomic E-state index is 0.210. The second-order valence-electron chi connectivity index (χ2n) is 2.58. The molecule has 0 amide bonds. The highest BCUT2D eigenvalue weighted by atomic mass is 16.3. The van der Waals surface area contributed by atoms with Crippen molar-refractivity contribution in [1.29, 1.82) is 0 Å². The van der Waals surface area contributed by atoms with Crippen molar-refractivity contribution in [3.05, 3.63) is 35.9 Å². The van der Waals surface area contributed by atoms with Crippen molar-refractivity contribution in [2.45, 2.75) is 0 Å². The van der Waals surface area contributed by atoms with Gasteiger partial charge in [-0.3, -0.25) is 4.99 Å². The van der Waals surface area contributed by atoms with Crippen molar-refractivity contribution in [3.8, 4) is 5.75 Å². The smallest absolute Gasteiger partial charge is 0.116 e. The van der Waals surface area contributed by atoms with Crippen molar-refractivity contribution in [2.24, 2.45) is 10.7 Å². The molecule has 0 radical (unpaired) electrons. The van der Waals surface area contributed by atoms with E-state index in [1.165, 1.54) is 0 Å². The largest absolute Gasteiger partial charge is 0.508 e. The van der Waals surface area contributed by atoms with Gasteiger partial charge in [-0.05, 0) is 18.2 Å². The van der Waals surface area contributed by atoms with E-state index in [1.807, 2.05) is 6.07 Å². The molecule has 0 heterocycles. The SMILES string of the molecule is CN=C/C=C(\N)c1cccc(O)c1. The van der Waals surface area contributed by atoms with Gasteiger partial charge in [-0.25, -0.2) is 0 Å². The van der Waals surface area contributed by atoms with Gasteiger partial charge in [-0.2, -0.15) is 0 Å². The summed E-state index contributed by atoms with van der Waals surface area (Å²) in [6, 6.07) is 6.78. The van der Waals surface area contributed by atoms with Crippen LogP contribution >= 0.6 is 0 Å². The Bertz CT molecular complexity index is 343. The molecule has 0 spiro atoms. The second-order valence-corrected chi connectivity index (χ2v) is 2.58. The van der Waals surface area contributed by atoms with Gasteiger partial charge in [0.15, 0.2) is 0 Å². The summed E-state index contributed by atoms with van der Waals surface area (Å²) in [6.45, 7) is 0. The van der Waals surface area contributed by atoms with Crippen molar-refractivity contribution in [1.82, 2.24) is 0 Å². The van der Waals surface area contributed by atoms with E-state index in [0.717, 1.165) is 5.56 Å². The van der Waals surface area contributed by atoms with Crippen LogP contribution in [0.4, 0.5) is 0 Å². The summed E-state index contributed by atoms with van der Waals surface area (Å²) in [5.74, 6) is 0.210. The average molecular weight is 176 g/mol. The lowest BCUT2D eigenvalue weighted by atomic mass is 10.1. The van der Waals surface area contributed by atoms with Gasteiger partial charge in [0.05, 0.1) is 0 Å². The summed E-state index contributed by atoms with van der Waals surface area (Å²) >= 11 is 0. The fourth-order valence-electron chi connectivity index (χ4n) is 0.937. The van der Waals surface area contributed by atoms with Crippen LogP contribution in [0.5, 0.6) is 5.75 Å². The monoisotopic (exact) mass is 176 g/mol. The van der Waals surface area contributed by atoms with E-state index in [0.29, 0.717) is 5.70 Å². The number of hydrogen-bond donors (Lipinski definition) is 2. The zero-order chi connectivity index (χ0) is 9.68. The highest BCUT2D eigenvalue weighted by Crippen LogP contribution is 2.14. The van der Waals surface area contributed by atoms with E-state index in [4.69, 9.17) is 5.73 Å². The molecule has 0 saturated carbocycles. The van der Waals surface area contributed by atoms with E-state index in [1.54, 1.807) is 37.5 Å².